The summed E-state index contributed by atoms with van der Waals surface area (Å²) in [5.41, 5.74) is 0.522. The number of hydrogen-bond donors (Lipinski definition) is 0. The van der Waals surface area contributed by atoms with Crippen LogP contribution in [0.2, 0.25) is 0 Å². The minimum atomic E-state index is 0.522. The molecule has 0 radical (unpaired) electrons. The first-order valence-electron chi connectivity index (χ1n) is 5.36. The zero-order valence-electron chi connectivity index (χ0n) is 10.4. The first kappa shape index (κ1) is 14.5. The maximum atomic E-state index is 2.36. The highest BCUT2D eigenvalue weighted by atomic mass is 14.3. The van der Waals surface area contributed by atoms with Crippen molar-refractivity contribution in [3.63, 3.8) is 0 Å². The zero-order valence-corrected chi connectivity index (χ0v) is 10.4. The predicted molar refractivity (Wildman–Crippen MR) is 59.4 cm³/mol. The third-order valence-corrected chi connectivity index (χ3v) is 2.50. The van der Waals surface area contributed by atoms with Crippen LogP contribution in [-0.2, 0) is 0 Å². The van der Waals surface area contributed by atoms with E-state index in [1.54, 1.807) is 0 Å². The number of rotatable bonds is 3. The molecular weight excluding hydrogens is 144 g/mol. The highest BCUT2D eigenvalue weighted by Gasteiger charge is 2.22. The van der Waals surface area contributed by atoms with E-state index in [1.165, 1.54) is 6.42 Å². The Balaban J connectivity index is 0. The number of hydrogen-bond acceptors (Lipinski definition) is 0. The lowest BCUT2D eigenvalue weighted by molar-refractivity contribution is 0.200. The quantitative estimate of drug-likeness (QED) is 0.577. The third-order valence-electron chi connectivity index (χ3n) is 2.50. The van der Waals surface area contributed by atoms with Crippen molar-refractivity contribution in [2.24, 2.45) is 17.3 Å². The molecular formula is C12H28. The van der Waals surface area contributed by atoms with E-state index in [0.29, 0.717) is 5.41 Å². The second-order valence-corrected chi connectivity index (χ2v) is 4.74. The Labute approximate surface area is 79.8 Å². The second-order valence-electron chi connectivity index (χ2n) is 4.74. The van der Waals surface area contributed by atoms with Crippen molar-refractivity contribution in [3.8, 4) is 0 Å². The summed E-state index contributed by atoms with van der Waals surface area (Å²) >= 11 is 0. The van der Waals surface area contributed by atoms with Crippen LogP contribution in [0.4, 0.5) is 0 Å². The molecule has 0 aromatic carbocycles. The molecule has 0 heteroatoms. The molecule has 0 saturated carbocycles. The van der Waals surface area contributed by atoms with Crippen molar-refractivity contribution in [2.45, 2.75) is 61.8 Å². The molecule has 12 heavy (non-hydrogen) atoms. The van der Waals surface area contributed by atoms with Crippen molar-refractivity contribution in [3.05, 3.63) is 0 Å². The predicted octanol–water partition coefficient (Wildman–Crippen LogP) is 4.74. The topological polar surface area (TPSA) is 0 Å². The molecule has 0 nitrogen and oxygen atoms in total. The van der Waals surface area contributed by atoms with Gasteiger partial charge in [-0.15, -0.1) is 0 Å². The van der Waals surface area contributed by atoms with E-state index in [-0.39, 0.29) is 0 Å². The largest absolute Gasteiger partial charge is 0.0683 e. The smallest absolute Gasteiger partial charge is 0.0329 e. The summed E-state index contributed by atoms with van der Waals surface area (Å²) in [6, 6.07) is 0. The van der Waals surface area contributed by atoms with Crippen molar-refractivity contribution in [1.29, 1.82) is 0 Å². The van der Waals surface area contributed by atoms with Crippen LogP contribution in [0.15, 0.2) is 0 Å². The summed E-state index contributed by atoms with van der Waals surface area (Å²) < 4.78 is 0. The van der Waals surface area contributed by atoms with Crippen LogP contribution in [0.25, 0.3) is 0 Å². The van der Waals surface area contributed by atoms with Crippen LogP contribution in [0.5, 0.6) is 0 Å². The molecule has 0 aromatic heterocycles. The van der Waals surface area contributed by atoms with E-state index in [2.05, 4.69) is 41.5 Å². The van der Waals surface area contributed by atoms with Gasteiger partial charge in [0, 0.05) is 0 Å². The summed E-state index contributed by atoms with van der Waals surface area (Å²) in [5.74, 6) is 1.63. The minimum Gasteiger partial charge on any atom is -0.0683 e. The van der Waals surface area contributed by atoms with Gasteiger partial charge in [-0.2, -0.15) is 0 Å². The fourth-order valence-electron chi connectivity index (χ4n) is 1.29. The van der Waals surface area contributed by atoms with Gasteiger partial charge < -0.3 is 0 Å². The maximum absolute atomic E-state index is 2.36. The molecule has 0 aliphatic rings. The van der Waals surface area contributed by atoms with Crippen LogP contribution in [-0.4, -0.2) is 0 Å². The van der Waals surface area contributed by atoms with Crippen molar-refractivity contribution >= 4 is 0 Å². The minimum absolute atomic E-state index is 0.522. The zero-order chi connectivity index (χ0) is 10.4. The van der Waals surface area contributed by atoms with Crippen LogP contribution >= 0.6 is 0 Å². The fraction of sp³-hybridized carbons (Fsp3) is 1.00. The molecule has 0 N–H and O–H groups in total. The molecule has 0 spiro atoms. The third kappa shape index (κ3) is 6.69. The van der Waals surface area contributed by atoms with Crippen LogP contribution in [0.1, 0.15) is 61.8 Å². The Hall–Kier alpha value is 0. The van der Waals surface area contributed by atoms with Gasteiger partial charge in [0.2, 0.25) is 0 Å². The lowest BCUT2D eigenvalue weighted by Gasteiger charge is -2.30. The molecule has 76 valence electrons. The summed E-state index contributed by atoms with van der Waals surface area (Å²) in [7, 11) is 0. The van der Waals surface area contributed by atoms with Gasteiger partial charge in [0.05, 0.1) is 0 Å². The standard InChI is InChI=1S/C10H22.C2H6/c1-8(2)7-10(5,6)9(3)4;1-2/h8-9H,7H2,1-6H3;1-2H3. The fourth-order valence-corrected chi connectivity index (χ4v) is 1.29. The Morgan fingerprint density at radius 3 is 1.33 bits per heavy atom. The first-order chi connectivity index (χ1) is 5.36. The van der Waals surface area contributed by atoms with Crippen LogP contribution in [0.3, 0.4) is 0 Å². The SMILES string of the molecule is CC.CC(C)CC(C)(C)C(C)C. The molecule has 0 rings (SSSR count). The summed E-state index contributed by atoms with van der Waals surface area (Å²) in [5, 5.41) is 0. The molecule has 0 fully saturated rings. The Bertz CT molecular complexity index is 88.2. The second kappa shape index (κ2) is 6.51. The van der Waals surface area contributed by atoms with Gasteiger partial charge in [-0.3, -0.25) is 0 Å². The molecule has 0 atom stereocenters. The highest BCUT2D eigenvalue weighted by molar-refractivity contribution is 4.73. The summed E-state index contributed by atoms with van der Waals surface area (Å²) in [4.78, 5) is 0. The monoisotopic (exact) mass is 172 g/mol. The van der Waals surface area contributed by atoms with E-state index in [0.717, 1.165) is 11.8 Å². The molecule has 0 saturated heterocycles. The lowest BCUT2D eigenvalue weighted by Crippen LogP contribution is -2.21. The van der Waals surface area contributed by atoms with Gasteiger partial charge in [0.1, 0.15) is 0 Å². The Morgan fingerprint density at radius 1 is 0.917 bits per heavy atom. The van der Waals surface area contributed by atoms with Crippen molar-refractivity contribution in [2.75, 3.05) is 0 Å². The molecule has 0 aliphatic carbocycles. The van der Waals surface area contributed by atoms with Gasteiger partial charge in [0.25, 0.3) is 0 Å². The molecule has 0 aromatic rings. The molecule has 0 amide bonds. The van der Waals surface area contributed by atoms with Crippen LogP contribution < -0.4 is 0 Å². The van der Waals surface area contributed by atoms with E-state index in [1.807, 2.05) is 13.8 Å². The van der Waals surface area contributed by atoms with E-state index < -0.39 is 0 Å². The molecule has 0 heterocycles. The molecule has 0 unspecified atom stereocenters. The average molecular weight is 172 g/mol. The summed E-state index contributed by atoms with van der Waals surface area (Å²) in [6.45, 7) is 17.9. The normalized spacial score (nSPS) is 11.5. The lowest BCUT2D eigenvalue weighted by atomic mass is 9.75. The Kier molecular flexibility index (Phi) is 7.88. The van der Waals surface area contributed by atoms with Gasteiger partial charge in [-0.05, 0) is 23.7 Å². The van der Waals surface area contributed by atoms with E-state index in [9.17, 15) is 0 Å². The van der Waals surface area contributed by atoms with Gasteiger partial charge in [-0.1, -0.05) is 55.4 Å². The van der Waals surface area contributed by atoms with Crippen LogP contribution in [0, 0.1) is 17.3 Å². The van der Waals surface area contributed by atoms with Gasteiger partial charge >= 0.3 is 0 Å². The van der Waals surface area contributed by atoms with Crippen molar-refractivity contribution < 1.29 is 0 Å². The van der Waals surface area contributed by atoms with E-state index >= 15 is 0 Å². The van der Waals surface area contributed by atoms with Gasteiger partial charge in [0.15, 0.2) is 0 Å². The maximum Gasteiger partial charge on any atom is -0.0329 e. The first-order valence-corrected chi connectivity index (χ1v) is 5.36. The van der Waals surface area contributed by atoms with Crippen molar-refractivity contribution in [1.82, 2.24) is 0 Å². The summed E-state index contributed by atoms with van der Waals surface area (Å²) in [6.07, 6.45) is 1.34. The highest BCUT2D eigenvalue weighted by Crippen LogP contribution is 2.32. The van der Waals surface area contributed by atoms with E-state index in [4.69, 9.17) is 0 Å². The molecule has 0 aliphatic heterocycles. The molecule has 0 bridgehead atoms. The average Bonchev–Trinajstić information content (AvgIpc) is 1.89. The Morgan fingerprint density at radius 2 is 1.25 bits per heavy atom. The van der Waals surface area contributed by atoms with Gasteiger partial charge in [-0.25, -0.2) is 0 Å².